The lowest BCUT2D eigenvalue weighted by atomic mass is 9.93. The molecular weight excluding hydrogens is 478 g/mol. The molecule has 0 spiro atoms. The highest BCUT2D eigenvalue weighted by Gasteiger charge is 2.39. The molecule has 3 atom stereocenters. The number of alkyl carbamates (subject to hydrolysis) is 1. The summed E-state index contributed by atoms with van der Waals surface area (Å²) in [5, 5.41) is 6.10. The fourth-order valence-corrected chi connectivity index (χ4v) is 5.02. The van der Waals surface area contributed by atoms with E-state index in [4.69, 9.17) is 4.74 Å². The van der Waals surface area contributed by atoms with Crippen molar-refractivity contribution in [2.45, 2.75) is 137 Å². The molecule has 38 heavy (non-hydrogen) atoms. The number of ether oxygens (including phenoxy) is 1. The Morgan fingerprint density at radius 2 is 1.66 bits per heavy atom. The molecule has 1 aliphatic carbocycles. The summed E-state index contributed by atoms with van der Waals surface area (Å²) < 4.78 is 5.49. The molecule has 1 aromatic carbocycles. The monoisotopic (exact) mass is 529 g/mol. The van der Waals surface area contributed by atoms with Crippen LogP contribution in [0.15, 0.2) is 18.2 Å². The lowest BCUT2D eigenvalue weighted by molar-refractivity contribution is -0.145. The first-order valence-corrected chi connectivity index (χ1v) is 14.4. The van der Waals surface area contributed by atoms with Crippen LogP contribution in [0.4, 0.5) is 4.79 Å². The quantitative estimate of drug-likeness (QED) is 0.369. The van der Waals surface area contributed by atoms with E-state index < -0.39 is 23.8 Å². The molecule has 3 unspecified atom stereocenters. The number of benzene rings is 1. The van der Waals surface area contributed by atoms with E-state index in [9.17, 15) is 14.4 Å². The van der Waals surface area contributed by atoms with Crippen molar-refractivity contribution in [1.82, 2.24) is 15.5 Å². The highest BCUT2D eigenvalue weighted by Crippen LogP contribution is 2.29. The fraction of sp³-hybridized carbons (Fsp3) is 0.710. The van der Waals surface area contributed by atoms with Crippen LogP contribution in [-0.4, -0.2) is 46.5 Å². The van der Waals surface area contributed by atoms with Gasteiger partial charge in [-0.2, -0.15) is 0 Å². The number of nitrogens with one attached hydrogen (secondary N) is 2. The summed E-state index contributed by atoms with van der Waals surface area (Å²) in [7, 11) is 0. The Kier molecular flexibility index (Phi) is 11.7. The van der Waals surface area contributed by atoms with Crippen molar-refractivity contribution in [1.29, 1.82) is 0 Å². The molecule has 0 aromatic heterocycles. The number of carbonyl (C=O) groups is 3. The maximum Gasteiger partial charge on any atom is 0.408 e. The van der Waals surface area contributed by atoms with Crippen molar-refractivity contribution >= 4 is 17.9 Å². The zero-order chi connectivity index (χ0) is 28.6. The second-order valence-electron chi connectivity index (χ2n) is 12.4. The Balaban J connectivity index is 2.52. The summed E-state index contributed by atoms with van der Waals surface area (Å²) >= 11 is 0. The van der Waals surface area contributed by atoms with E-state index in [0.29, 0.717) is 12.8 Å². The van der Waals surface area contributed by atoms with Gasteiger partial charge in [0.1, 0.15) is 17.7 Å². The third kappa shape index (κ3) is 9.32. The van der Waals surface area contributed by atoms with Crippen molar-refractivity contribution in [2.75, 3.05) is 0 Å². The van der Waals surface area contributed by atoms with E-state index in [2.05, 4.69) is 10.6 Å². The molecule has 1 fully saturated rings. The molecule has 0 saturated heterocycles. The van der Waals surface area contributed by atoms with Gasteiger partial charge in [0.05, 0.1) is 0 Å². The van der Waals surface area contributed by atoms with Gasteiger partial charge in [-0.1, -0.05) is 58.2 Å². The molecule has 0 radical (unpaired) electrons. The van der Waals surface area contributed by atoms with Crippen LogP contribution >= 0.6 is 0 Å². The molecule has 0 bridgehead atoms. The van der Waals surface area contributed by atoms with Gasteiger partial charge >= 0.3 is 6.09 Å². The summed E-state index contributed by atoms with van der Waals surface area (Å²) in [5.74, 6) is -0.274. The molecule has 1 aromatic rings. The van der Waals surface area contributed by atoms with Gasteiger partial charge < -0.3 is 20.3 Å². The largest absolute Gasteiger partial charge is 0.444 e. The predicted octanol–water partition coefficient (Wildman–Crippen LogP) is 6.36. The molecule has 1 aliphatic rings. The predicted molar refractivity (Wildman–Crippen MR) is 153 cm³/mol. The molecule has 1 saturated carbocycles. The number of nitrogens with zero attached hydrogens (tertiary/aromatic N) is 1. The average molecular weight is 530 g/mol. The summed E-state index contributed by atoms with van der Waals surface area (Å²) in [5.41, 5.74) is 2.30. The summed E-state index contributed by atoms with van der Waals surface area (Å²) in [6.07, 6.45) is 5.79. The first kappa shape index (κ1) is 31.6. The summed E-state index contributed by atoms with van der Waals surface area (Å²) in [6.45, 7) is 17.5. The minimum absolute atomic E-state index is 0.116. The number of amides is 3. The molecule has 214 valence electrons. The Morgan fingerprint density at radius 3 is 2.18 bits per heavy atom. The van der Waals surface area contributed by atoms with E-state index in [1.54, 1.807) is 25.7 Å². The number of carbonyl (C=O) groups excluding carboxylic acids is 3. The lowest BCUT2D eigenvalue weighted by Crippen LogP contribution is -2.56. The van der Waals surface area contributed by atoms with Crippen LogP contribution in [0, 0.1) is 19.8 Å². The highest BCUT2D eigenvalue weighted by molar-refractivity contribution is 5.92. The first-order valence-electron chi connectivity index (χ1n) is 14.4. The van der Waals surface area contributed by atoms with Crippen LogP contribution in [0.3, 0.4) is 0 Å². The minimum atomic E-state index is -0.810. The number of hydrogen-bond donors (Lipinski definition) is 2. The maximum absolute atomic E-state index is 14.3. The standard InChI is InChI=1S/C31H51N3O4/c1-10-23(6)34(29(36)26(18-20(2)3)33-30(37)38-31(7,8)9)27(24-17-16-21(4)22(5)19-24)28(35)32-25-14-12-11-13-15-25/h16-17,19-20,23,25-27H,10-15,18H2,1-9H3,(H,32,35)(H,33,37). The summed E-state index contributed by atoms with van der Waals surface area (Å²) in [4.78, 5) is 42.8. The molecule has 2 N–H and O–H groups in total. The van der Waals surface area contributed by atoms with Crippen LogP contribution in [-0.2, 0) is 14.3 Å². The van der Waals surface area contributed by atoms with Crippen molar-refractivity contribution in [3.63, 3.8) is 0 Å². The molecule has 0 aliphatic heterocycles. The van der Waals surface area contributed by atoms with Crippen LogP contribution in [0.5, 0.6) is 0 Å². The molecule has 3 amide bonds. The normalized spacial score (nSPS) is 16.9. The lowest BCUT2D eigenvalue weighted by Gasteiger charge is -2.39. The Morgan fingerprint density at radius 1 is 1.03 bits per heavy atom. The van der Waals surface area contributed by atoms with Gasteiger partial charge in [-0.3, -0.25) is 9.59 Å². The van der Waals surface area contributed by atoms with Crippen molar-refractivity contribution in [2.24, 2.45) is 5.92 Å². The first-order chi connectivity index (χ1) is 17.7. The van der Waals surface area contributed by atoms with Gasteiger partial charge in [-0.25, -0.2) is 4.79 Å². The van der Waals surface area contributed by atoms with E-state index in [0.717, 1.165) is 42.4 Å². The zero-order valence-electron chi connectivity index (χ0n) is 25.1. The number of aryl methyl sites for hydroxylation is 2. The van der Waals surface area contributed by atoms with Crippen molar-refractivity contribution in [3.05, 3.63) is 34.9 Å². The molecule has 7 nitrogen and oxygen atoms in total. The minimum Gasteiger partial charge on any atom is -0.444 e. The SMILES string of the molecule is CCC(C)N(C(=O)C(CC(C)C)NC(=O)OC(C)(C)C)C(C(=O)NC1CCCCC1)c1ccc(C)c(C)c1. The smallest absolute Gasteiger partial charge is 0.408 e. The van der Waals surface area contributed by atoms with E-state index in [1.165, 1.54) is 6.42 Å². The van der Waals surface area contributed by atoms with Gasteiger partial charge in [-0.15, -0.1) is 0 Å². The molecule has 2 rings (SSSR count). The molecule has 0 heterocycles. The zero-order valence-corrected chi connectivity index (χ0v) is 25.1. The second kappa shape index (κ2) is 14.0. The Bertz CT molecular complexity index is 947. The van der Waals surface area contributed by atoms with Crippen molar-refractivity contribution < 1.29 is 19.1 Å². The van der Waals surface area contributed by atoms with Crippen LogP contribution in [0.2, 0.25) is 0 Å². The van der Waals surface area contributed by atoms with E-state index in [1.807, 2.05) is 59.7 Å². The summed E-state index contributed by atoms with van der Waals surface area (Å²) in [6, 6.07) is 4.27. The fourth-order valence-electron chi connectivity index (χ4n) is 5.02. The van der Waals surface area contributed by atoms with Gasteiger partial charge in [0.25, 0.3) is 0 Å². The van der Waals surface area contributed by atoms with Crippen LogP contribution < -0.4 is 10.6 Å². The number of rotatable bonds is 10. The Hall–Kier alpha value is -2.57. The van der Waals surface area contributed by atoms with Gasteiger partial charge in [0.15, 0.2) is 0 Å². The van der Waals surface area contributed by atoms with Gasteiger partial charge in [0, 0.05) is 12.1 Å². The second-order valence-corrected chi connectivity index (χ2v) is 12.4. The van der Waals surface area contributed by atoms with E-state index in [-0.39, 0.29) is 29.8 Å². The van der Waals surface area contributed by atoms with Crippen LogP contribution in [0.25, 0.3) is 0 Å². The maximum atomic E-state index is 14.3. The Labute approximate surface area is 230 Å². The molecular formula is C31H51N3O4. The topological polar surface area (TPSA) is 87.7 Å². The van der Waals surface area contributed by atoms with Crippen LogP contribution in [0.1, 0.15) is 116 Å². The third-order valence-electron chi connectivity index (χ3n) is 7.34. The third-order valence-corrected chi connectivity index (χ3v) is 7.34. The molecule has 7 heteroatoms. The van der Waals surface area contributed by atoms with Gasteiger partial charge in [-0.05, 0) is 89.8 Å². The van der Waals surface area contributed by atoms with Crippen molar-refractivity contribution in [3.8, 4) is 0 Å². The average Bonchev–Trinajstić information content (AvgIpc) is 2.82. The van der Waals surface area contributed by atoms with E-state index >= 15 is 0 Å². The van der Waals surface area contributed by atoms with Gasteiger partial charge in [0.2, 0.25) is 11.8 Å². The highest BCUT2D eigenvalue weighted by atomic mass is 16.6. The number of hydrogen-bond acceptors (Lipinski definition) is 4.